The van der Waals surface area contributed by atoms with E-state index in [0.29, 0.717) is 5.56 Å². The fourth-order valence-electron chi connectivity index (χ4n) is 2.25. The summed E-state index contributed by atoms with van der Waals surface area (Å²) in [6.07, 6.45) is -4.63. The van der Waals surface area contributed by atoms with Crippen molar-refractivity contribution in [1.29, 1.82) is 0 Å². The van der Waals surface area contributed by atoms with Crippen molar-refractivity contribution >= 4 is 21.9 Å². The molecule has 0 aliphatic heterocycles. The Morgan fingerprint density at radius 3 is 2.27 bits per heavy atom. The number of carbonyl (C=O) groups is 1. The van der Waals surface area contributed by atoms with Crippen LogP contribution in [0.2, 0.25) is 0 Å². The molecule has 2 aromatic rings. The van der Waals surface area contributed by atoms with Gasteiger partial charge in [-0.1, -0.05) is 52.3 Å². The lowest BCUT2D eigenvalue weighted by atomic mass is 9.88. The van der Waals surface area contributed by atoms with Gasteiger partial charge in [0.25, 0.3) is 0 Å². The van der Waals surface area contributed by atoms with Crippen LogP contribution in [-0.2, 0) is 11.0 Å². The molecule has 1 N–H and O–H groups in total. The lowest BCUT2D eigenvalue weighted by molar-refractivity contribution is -0.138. The van der Waals surface area contributed by atoms with Gasteiger partial charge in [0.15, 0.2) is 0 Å². The highest BCUT2D eigenvalue weighted by atomic mass is 79.9. The number of carboxylic acids is 1. The number of hydrogen-bond donors (Lipinski definition) is 1. The van der Waals surface area contributed by atoms with Crippen molar-refractivity contribution < 1.29 is 23.1 Å². The minimum atomic E-state index is -4.43. The van der Waals surface area contributed by atoms with Crippen molar-refractivity contribution in [3.05, 3.63) is 69.7 Å². The molecule has 2 nitrogen and oxygen atoms in total. The van der Waals surface area contributed by atoms with Gasteiger partial charge in [-0.2, -0.15) is 13.2 Å². The van der Waals surface area contributed by atoms with Gasteiger partial charge in [0.1, 0.15) is 0 Å². The number of halogens is 4. The molecule has 1 atom stereocenters. The molecule has 2 aromatic carbocycles. The quantitative estimate of drug-likeness (QED) is 0.812. The molecule has 0 aliphatic rings. The van der Waals surface area contributed by atoms with Crippen LogP contribution >= 0.6 is 15.9 Å². The van der Waals surface area contributed by atoms with E-state index in [2.05, 4.69) is 15.9 Å². The molecular weight excluding hydrogens is 361 g/mol. The number of alkyl halides is 3. The highest BCUT2D eigenvalue weighted by molar-refractivity contribution is 9.10. The zero-order valence-corrected chi connectivity index (χ0v) is 12.9. The molecule has 0 bridgehead atoms. The predicted octanol–water partition coefficient (Wildman–Crippen LogP) is 5.07. The molecule has 0 amide bonds. The average molecular weight is 373 g/mol. The minimum absolute atomic E-state index is 0.200. The summed E-state index contributed by atoms with van der Waals surface area (Å²) in [5, 5.41) is 9.09. The Morgan fingerprint density at radius 2 is 1.77 bits per heavy atom. The van der Waals surface area contributed by atoms with E-state index in [4.69, 9.17) is 5.11 Å². The van der Waals surface area contributed by atoms with Crippen LogP contribution in [0.3, 0.4) is 0 Å². The lowest BCUT2D eigenvalue weighted by Crippen LogP contribution is -2.10. The van der Waals surface area contributed by atoms with E-state index in [-0.39, 0.29) is 10.9 Å². The third kappa shape index (κ3) is 3.88. The van der Waals surface area contributed by atoms with Crippen LogP contribution in [0.15, 0.2) is 53.0 Å². The fraction of sp³-hybridized carbons (Fsp3) is 0.188. The second kappa shape index (κ2) is 6.52. The maximum atomic E-state index is 12.7. The molecule has 0 unspecified atom stereocenters. The topological polar surface area (TPSA) is 37.3 Å². The molecule has 6 heteroatoms. The average Bonchev–Trinajstić information content (AvgIpc) is 2.45. The van der Waals surface area contributed by atoms with Crippen LogP contribution in [0.25, 0.3) is 0 Å². The first-order valence-corrected chi connectivity index (χ1v) is 7.21. The van der Waals surface area contributed by atoms with Crippen LogP contribution in [0.5, 0.6) is 0 Å². The van der Waals surface area contributed by atoms with Crippen molar-refractivity contribution in [2.24, 2.45) is 0 Å². The summed E-state index contributed by atoms with van der Waals surface area (Å²) >= 11 is 3.13. The monoisotopic (exact) mass is 372 g/mol. The number of hydrogen-bond acceptors (Lipinski definition) is 1. The molecule has 0 aromatic heterocycles. The van der Waals surface area contributed by atoms with E-state index >= 15 is 0 Å². The molecule has 0 fully saturated rings. The van der Waals surface area contributed by atoms with Gasteiger partial charge in [-0.25, -0.2) is 0 Å². The molecule has 0 radical (unpaired) electrons. The summed E-state index contributed by atoms with van der Waals surface area (Å²) in [7, 11) is 0. The van der Waals surface area contributed by atoms with Crippen molar-refractivity contribution in [2.45, 2.75) is 18.5 Å². The summed E-state index contributed by atoms with van der Waals surface area (Å²) < 4.78 is 38.4. The summed E-state index contributed by atoms with van der Waals surface area (Å²) in [5.41, 5.74) is 0.484. The Hall–Kier alpha value is -1.82. The number of rotatable bonds is 4. The van der Waals surface area contributed by atoms with E-state index in [0.717, 1.165) is 17.7 Å². The highest BCUT2D eigenvalue weighted by Gasteiger charge is 2.31. The zero-order valence-electron chi connectivity index (χ0n) is 11.3. The van der Waals surface area contributed by atoms with Crippen molar-refractivity contribution in [1.82, 2.24) is 0 Å². The molecule has 0 aliphatic carbocycles. The standard InChI is InChI=1S/C16H12BrF3O2/c17-14-8-11(16(18,19)20)6-7-12(14)13(9-15(21)22)10-4-2-1-3-5-10/h1-8,13H,9H2,(H,21,22)/t13-/m0/s1. The van der Waals surface area contributed by atoms with Crippen molar-refractivity contribution in [2.75, 3.05) is 0 Å². The molecule has 22 heavy (non-hydrogen) atoms. The number of carboxylic acid groups (broad SMARTS) is 1. The highest BCUT2D eigenvalue weighted by Crippen LogP contribution is 2.37. The lowest BCUT2D eigenvalue weighted by Gasteiger charge is -2.19. The maximum Gasteiger partial charge on any atom is 0.416 e. The molecule has 0 saturated heterocycles. The third-order valence-electron chi connectivity index (χ3n) is 3.28. The first kappa shape index (κ1) is 16.5. The van der Waals surface area contributed by atoms with E-state index in [9.17, 15) is 18.0 Å². The SMILES string of the molecule is O=C(O)C[C@@H](c1ccccc1)c1ccc(C(F)(F)F)cc1Br. The maximum absolute atomic E-state index is 12.7. The van der Waals surface area contributed by atoms with Crippen LogP contribution in [0.4, 0.5) is 13.2 Å². The second-order valence-electron chi connectivity index (χ2n) is 4.80. The first-order valence-electron chi connectivity index (χ1n) is 6.42. The Kier molecular flexibility index (Phi) is 4.90. The Bertz CT molecular complexity index is 669. The predicted molar refractivity (Wildman–Crippen MR) is 79.7 cm³/mol. The largest absolute Gasteiger partial charge is 0.481 e. The smallest absolute Gasteiger partial charge is 0.416 e. The van der Waals surface area contributed by atoms with Gasteiger partial charge in [-0.3, -0.25) is 4.79 Å². The Morgan fingerprint density at radius 1 is 1.14 bits per heavy atom. The number of benzene rings is 2. The van der Waals surface area contributed by atoms with Crippen LogP contribution < -0.4 is 0 Å². The van der Waals surface area contributed by atoms with E-state index < -0.39 is 23.6 Å². The van der Waals surface area contributed by atoms with Crippen LogP contribution in [-0.4, -0.2) is 11.1 Å². The van der Waals surface area contributed by atoms with E-state index in [1.165, 1.54) is 6.07 Å². The molecule has 116 valence electrons. The van der Waals surface area contributed by atoms with Gasteiger partial charge in [-0.15, -0.1) is 0 Å². The molecule has 0 saturated carbocycles. The fourth-order valence-corrected chi connectivity index (χ4v) is 2.91. The summed E-state index contributed by atoms with van der Waals surface area (Å²) in [5.74, 6) is -1.53. The first-order chi connectivity index (χ1) is 10.3. The van der Waals surface area contributed by atoms with Gasteiger partial charge in [0, 0.05) is 10.4 Å². The molecule has 0 spiro atoms. The van der Waals surface area contributed by atoms with Gasteiger partial charge < -0.3 is 5.11 Å². The summed E-state index contributed by atoms with van der Waals surface area (Å²) in [4.78, 5) is 11.1. The molecule has 0 heterocycles. The number of aliphatic carboxylic acids is 1. The third-order valence-corrected chi connectivity index (χ3v) is 3.97. The summed E-state index contributed by atoms with van der Waals surface area (Å²) in [6, 6.07) is 12.1. The minimum Gasteiger partial charge on any atom is -0.481 e. The van der Waals surface area contributed by atoms with Gasteiger partial charge in [0.2, 0.25) is 0 Å². The molecular formula is C16H12BrF3O2. The van der Waals surface area contributed by atoms with Gasteiger partial charge >= 0.3 is 12.1 Å². The van der Waals surface area contributed by atoms with Crippen molar-refractivity contribution in [3.63, 3.8) is 0 Å². The molecule has 2 rings (SSSR count). The second-order valence-corrected chi connectivity index (χ2v) is 5.65. The zero-order chi connectivity index (χ0) is 16.3. The normalized spacial score (nSPS) is 12.9. The van der Waals surface area contributed by atoms with Crippen LogP contribution in [0.1, 0.15) is 29.0 Å². The summed E-state index contributed by atoms with van der Waals surface area (Å²) in [6.45, 7) is 0. The van der Waals surface area contributed by atoms with E-state index in [1.54, 1.807) is 30.3 Å². The van der Waals surface area contributed by atoms with Gasteiger partial charge in [-0.05, 0) is 23.3 Å². The Balaban J connectivity index is 2.47. The van der Waals surface area contributed by atoms with E-state index in [1.807, 2.05) is 0 Å². The Labute approximate surface area is 133 Å². The van der Waals surface area contributed by atoms with Gasteiger partial charge in [0.05, 0.1) is 12.0 Å². The van der Waals surface area contributed by atoms with Crippen molar-refractivity contribution in [3.8, 4) is 0 Å². The van der Waals surface area contributed by atoms with Crippen LogP contribution in [0, 0.1) is 0 Å².